The lowest BCUT2D eigenvalue weighted by Gasteiger charge is -2.54. The van der Waals surface area contributed by atoms with E-state index in [0.717, 1.165) is 35.7 Å². The lowest BCUT2D eigenvalue weighted by Crippen LogP contribution is -2.58. The minimum atomic E-state index is -0.161. The number of hydrogen-bond donors (Lipinski definition) is 2. The van der Waals surface area contributed by atoms with Gasteiger partial charge in [-0.25, -0.2) is 4.98 Å². The maximum absolute atomic E-state index is 14.0. The van der Waals surface area contributed by atoms with Gasteiger partial charge in [-0.15, -0.1) is 0 Å². The third kappa shape index (κ3) is 4.94. The topological polar surface area (TPSA) is 91.1 Å². The van der Waals surface area contributed by atoms with Gasteiger partial charge in [-0.05, 0) is 68.9 Å². The van der Waals surface area contributed by atoms with Gasteiger partial charge in [0.05, 0.1) is 16.7 Å². The number of rotatable bonds is 6. The van der Waals surface area contributed by atoms with E-state index in [1.54, 1.807) is 7.05 Å². The molecule has 5 atom stereocenters. The van der Waals surface area contributed by atoms with Crippen molar-refractivity contribution in [3.8, 4) is 0 Å². The van der Waals surface area contributed by atoms with E-state index in [0.29, 0.717) is 18.1 Å². The summed E-state index contributed by atoms with van der Waals surface area (Å²) in [6, 6.07) is 9.79. The summed E-state index contributed by atoms with van der Waals surface area (Å²) in [5.74, 6) is 1.70. The van der Waals surface area contributed by atoms with E-state index >= 15 is 0 Å². The van der Waals surface area contributed by atoms with E-state index in [2.05, 4.69) is 15.2 Å². The molecule has 2 saturated heterocycles. The summed E-state index contributed by atoms with van der Waals surface area (Å²) in [6.45, 7) is 0. The van der Waals surface area contributed by atoms with Crippen molar-refractivity contribution in [3.05, 3.63) is 40.3 Å². The fourth-order valence-electron chi connectivity index (χ4n) is 8.50. The third-order valence-corrected chi connectivity index (χ3v) is 10.1. The lowest BCUT2D eigenvalue weighted by molar-refractivity contribution is -0.120. The molecule has 4 fully saturated rings. The number of carbonyl (C=O) groups is 1. The highest BCUT2D eigenvalue weighted by Gasteiger charge is 2.45. The molecule has 7 nitrogen and oxygen atoms in total. The molecule has 7 heteroatoms. The maximum atomic E-state index is 14.0. The number of carbonyl (C=O) groups excluding carboxylic acids is 1. The fraction of sp³-hybridized carbons (Fsp3) is 0.677. The number of hydrogen-bond acceptors (Lipinski definition) is 5. The van der Waals surface area contributed by atoms with E-state index in [4.69, 9.17) is 5.41 Å². The van der Waals surface area contributed by atoms with Crippen molar-refractivity contribution in [1.29, 1.82) is 5.41 Å². The highest BCUT2D eigenvalue weighted by Crippen LogP contribution is 2.47. The molecule has 2 unspecified atom stereocenters. The van der Waals surface area contributed by atoms with Gasteiger partial charge in [0.25, 0.3) is 5.56 Å². The van der Waals surface area contributed by atoms with Crippen LogP contribution in [0.15, 0.2) is 29.1 Å². The zero-order valence-corrected chi connectivity index (χ0v) is 22.8. The number of para-hydroxylation sites is 2. The second-order valence-corrected chi connectivity index (χ2v) is 12.5. The molecule has 2 N–H and O–H groups in total. The van der Waals surface area contributed by atoms with Gasteiger partial charge < -0.3 is 15.3 Å². The number of fused-ring (bicyclic) bond motifs is 5. The quantitative estimate of drug-likeness (QED) is 0.515. The first-order valence-corrected chi connectivity index (χ1v) is 15.1. The first kappa shape index (κ1) is 25.7. The predicted octanol–water partition coefficient (Wildman–Crippen LogP) is 5.21. The molecule has 204 valence electrons. The highest BCUT2D eigenvalue weighted by molar-refractivity contribution is 5.99. The molecule has 1 amide bonds. The fourth-order valence-corrected chi connectivity index (χ4v) is 8.50. The van der Waals surface area contributed by atoms with Crippen LogP contribution in [-0.4, -0.2) is 51.2 Å². The molecule has 2 aliphatic heterocycles. The Labute approximate surface area is 225 Å². The molecule has 2 aromatic rings. The Morgan fingerprint density at radius 3 is 2.26 bits per heavy atom. The Morgan fingerprint density at radius 1 is 0.895 bits per heavy atom. The summed E-state index contributed by atoms with van der Waals surface area (Å²) >= 11 is 0. The van der Waals surface area contributed by atoms with E-state index in [1.807, 2.05) is 28.8 Å². The lowest BCUT2D eigenvalue weighted by atomic mass is 9.73. The zero-order chi connectivity index (χ0) is 26.2. The summed E-state index contributed by atoms with van der Waals surface area (Å²) in [6.07, 6.45) is 16.0. The van der Waals surface area contributed by atoms with Gasteiger partial charge in [0.2, 0.25) is 5.91 Å². The standard InChI is InChI=1S/C31H43N5O2/c1-33-29(37)14-13-26(32)30-31(38)36(28-12-5-4-11-27(28)34-30)25-18-22-9-6-10-23(19-25)35(22)24-16-20-7-2-3-8-21(15-20)17-24/h4-5,11-12,20-25,32H,2-3,6-10,13-19H2,1H3,(H,33,37)/t20?,21?,22-,23+,24?,25+. The molecule has 0 radical (unpaired) electrons. The van der Waals surface area contributed by atoms with Crippen LogP contribution in [0.25, 0.3) is 11.0 Å². The Bertz CT molecular complexity index is 1230. The Balaban J connectivity index is 1.30. The molecule has 4 aliphatic rings. The van der Waals surface area contributed by atoms with E-state index in [-0.39, 0.29) is 41.8 Å². The second kappa shape index (κ2) is 10.9. The summed E-state index contributed by atoms with van der Waals surface area (Å²) in [5, 5.41) is 11.2. The molecule has 3 heterocycles. The monoisotopic (exact) mass is 517 g/mol. The molecule has 1 aromatic heterocycles. The predicted molar refractivity (Wildman–Crippen MR) is 151 cm³/mol. The molecule has 0 spiro atoms. The summed E-state index contributed by atoms with van der Waals surface area (Å²) in [5.41, 5.74) is 1.83. The Kier molecular flexibility index (Phi) is 7.39. The van der Waals surface area contributed by atoms with Crippen molar-refractivity contribution in [1.82, 2.24) is 19.8 Å². The van der Waals surface area contributed by atoms with Crippen LogP contribution >= 0.6 is 0 Å². The van der Waals surface area contributed by atoms with Gasteiger partial charge in [-0.1, -0.05) is 44.2 Å². The molecular formula is C31H43N5O2. The average molecular weight is 518 g/mol. The van der Waals surface area contributed by atoms with Crippen LogP contribution in [0.1, 0.15) is 102 Å². The van der Waals surface area contributed by atoms with Crippen molar-refractivity contribution in [2.45, 2.75) is 114 Å². The summed E-state index contributed by atoms with van der Waals surface area (Å²) < 4.78 is 1.98. The van der Waals surface area contributed by atoms with Gasteiger partial charge in [-0.3, -0.25) is 14.5 Å². The SMILES string of the molecule is CNC(=O)CCC(=N)c1nc2ccccc2n([C@H]2C[C@H]3CCC[C@@H](C2)N3C2CC3CCCCC(C3)C2)c1=O. The highest BCUT2D eigenvalue weighted by atomic mass is 16.1. The van der Waals surface area contributed by atoms with E-state index < -0.39 is 0 Å². The van der Waals surface area contributed by atoms with Gasteiger partial charge in [-0.2, -0.15) is 0 Å². The number of nitrogens with zero attached hydrogens (tertiary/aromatic N) is 3. The van der Waals surface area contributed by atoms with Crippen molar-refractivity contribution in [3.63, 3.8) is 0 Å². The number of piperidine rings is 2. The van der Waals surface area contributed by atoms with Crippen molar-refractivity contribution in [2.75, 3.05) is 7.05 Å². The van der Waals surface area contributed by atoms with Gasteiger partial charge in [0, 0.05) is 44.1 Å². The molecule has 1 aromatic carbocycles. The third-order valence-electron chi connectivity index (χ3n) is 10.1. The van der Waals surface area contributed by atoms with E-state index in [1.165, 1.54) is 64.2 Å². The van der Waals surface area contributed by atoms with Crippen molar-refractivity contribution < 1.29 is 4.79 Å². The van der Waals surface area contributed by atoms with Gasteiger partial charge in [0.15, 0.2) is 0 Å². The molecule has 6 rings (SSSR count). The first-order valence-electron chi connectivity index (χ1n) is 15.1. The Morgan fingerprint density at radius 2 is 1.58 bits per heavy atom. The van der Waals surface area contributed by atoms with Crippen LogP contribution in [0.5, 0.6) is 0 Å². The molecule has 38 heavy (non-hydrogen) atoms. The van der Waals surface area contributed by atoms with E-state index in [9.17, 15) is 9.59 Å². The number of benzene rings is 1. The van der Waals surface area contributed by atoms with Crippen LogP contribution in [0.4, 0.5) is 0 Å². The molecule has 4 bridgehead atoms. The van der Waals surface area contributed by atoms with Crippen LogP contribution in [0.3, 0.4) is 0 Å². The molecule has 2 saturated carbocycles. The first-order chi connectivity index (χ1) is 18.5. The van der Waals surface area contributed by atoms with Crippen molar-refractivity contribution in [2.24, 2.45) is 11.8 Å². The minimum absolute atomic E-state index is 0.123. The molecule has 2 aliphatic carbocycles. The number of nitrogens with one attached hydrogen (secondary N) is 2. The Hall–Kier alpha value is -2.54. The van der Waals surface area contributed by atoms with Crippen LogP contribution in [-0.2, 0) is 4.79 Å². The average Bonchev–Trinajstić information content (AvgIpc) is 3.09. The number of aromatic nitrogens is 2. The van der Waals surface area contributed by atoms with Gasteiger partial charge in [0.1, 0.15) is 5.69 Å². The summed E-state index contributed by atoms with van der Waals surface area (Å²) in [4.78, 5) is 33.3. The smallest absolute Gasteiger partial charge is 0.279 e. The number of amides is 1. The van der Waals surface area contributed by atoms with Gasteiger partial charge >= 0.3 is 0 Å². The normalized spacial score (nSPS) is 31.5. The van der Waals surface area contributed by atoms with Crippen LogP contribution < -0.4 is 10.9 Å². The molecular weight excluding hydrogens is 474 g/mol. The maximum Gasteiger partial charge on any atom is 0.279 e. The zero-order valence-electron chi connectivity index (χ0n) is 22.8. The summed E-state index contributed by atoms with van der Waals surface area (Å²) in [7, 11) is 1.59. The largest absolute Gasteiger partial charge is 0.359 e. The van der Waals surface area contributed by atoms with Crippen LogP contribution in [0, 0.1) is 17.2 Å². The second-order valence-electron chi connectivity index (χ2n) is 12.5. The minimum Gasteiger partial charge on any atom is -0.359 e. The van der Waals surface area contributed by atoms with Crippen LogP contribution in [0.2, 0.25) is 0 Å². The van der Waals surface area contributed by atoms with Crippen molar-refractivity contribution >= 4 is 22.7 Å².